The first kappa shape index (κ1) is 24.3. The molecule has 7 nitrogen and oxygen atoms in total. The van der Waals surface area contributed by atoms with E-state index in [1.807, 2.05) is 72.5 Å². The second-order valence-corrected chi connectivity index (χ2v) is 11.1. The summed E-state index contributed by atoms with van der Waals surface area (Å²) in [6.07, 6.45) is 2.86. The van der Waals surface area contributed by atoms with Crippen LogP contribution in [0.5, 0.6) is 0 Å². The van der Waals surface area contributed by atoms with Gasteiger partial charge in [-0.05, 0) is 79.3 Å². The molecule has 0 spiro atoms. The van der Waals surface area contributed by atoms with Crippen LogP contribution in [0.2, 0.25) is 5.02 Å². The fourth-order valence-electron chi connectivity index (χ4n) is 4.36. The van der Waals surface area contributed by atoms with Gasteiger partial charge in [-0.2, -0.15) is 0 Å². The van der Waals surface area contributed by atoms with Crippen molar-refractivity contribution in [2.24, 2.45) is 0 Å². The van der Waals surface area contributed by atoms with Gasteiger partial charge in [-0.25, -0.2) is 8.42 Å². The zero-order valence-corrected chi connectivity index (χ0v) is 21.9. The summed E-state index contributed by atoms with van der Waals surface area (Å²) in [6, 6.07) is 21.8. The summed E-state index contributed by atoms with van der Waals surface area (Å²) in [5.74, 6) is 1.40. The number of halogens is 1. The Labute approximate surface area is 220 Å². The number of hydrogen-bond acceptors (Lipinski definition) is 5. The average molecular weight is 539 g/mol. The van der Waals surface area contributed by atoms with Gasteiger partial charge in [0.1, 0.15) is 17.6 Å². The van der Waals surface area contributed by atoms with E-state index in [0.717, 1.165) is 28.8 Å². The molecule has 184 valence electrons. The lowest BCUT2D eigenvalue weighted by Gasteiger charge is -2.26. The Balaban J connectivity index is 1.57. The normalized spacial score (nSPS) is 17.8. The van der Waals surface area contributed by atoms with E-state index in [9.17, 15) is 8.42 Å². The Morgan fingerprint density at radius 3 is 2.53 bits per heavy atom. The number of nitrogens with one attached hydrogen (secondary N) is 2. The van der Waals surface area contributed by atoms with Crippen molar-refractivity contribution >= 4 is 50.3 Å². The summed E-state index contributed by atoms with van der Waals surface area (Å²) in [4.78, 5) is 6.52. The van der Waals surface area contributed by atoms with Crippen molar-refractivity contribution in [3.05, 3.63) is 101 Å². The van der Waals surface area contributed by atoms with Gasteiger partial charge >= 0.3 is 0 Å². The summed E-state index contributed by atoms with van der Waals surface area (Å²) >= 11 is 12.1. The van der Waals surface area contributed by atoms with Crippen LogP contribution < -0.4 is 14.9 Å². The fraction of sp³-hybridized carbons (Fsp3) is 0.154. The lowest BCUT2D eigenvalue weighted by atomic mass is 10.0. The predicted octanol–water partition coefficient (Wildman–Crippen LogP) is 5.85. The lowest BCUT2D eigenvalue weighted by molar-refractivity contribution is 0.439. The van der Waals surface area contributed by atoms with E-state index in [1.165, 1.54) is 0 Å². The van der Waals surface area contributed by atoms with Gasteiger partial charge < -0.3 is 14.6 Å². The average Bonchev–Trinajstić information content (AvgIpc) is 3.45. The van der Waals surface area contributed by atoms with Crippen LogP contribution in [0.15, 0.2) is 83.4 Å². The van der Waals surface area contributed by atoms with Gasteiger partial charge in [0.05, 0.1) is 18.0 Å². The van der Waals surface area contributed by atoms with Gasteiger partial charge in [-0.1, -0.05) is 29.8 Å². The number of aromatic nitrogens is 1. The summed E-state index contributed by atoms with van der Waals surface area (Å²) in [5.41, 5.74) is 3.92. The summed E-state index contributed by atoms with van der Waals surface area (Å²) in [6.45, 7) is 1.96. The van der Waals surface area contributed by atoms with Crippen molar-refractivity contribution < 1.29 is 12.8 Å². The molecule has 2 aromatic heterocycles. The maximum absolute atomic E-state index is 11.6. The van der Waals surface area contributed by atoms with E-state index in [2.05, 4.69) is 15.0 Å². The predicted molar refractivity (Wildman–Crippen MR) is 147 cm³/mol. The van der Waals surface area contributed by atoms with Gasteiger partial charge in [-0.15, -0.1) is 0 Å². The molecule has 0 radical (unpaired) electrons. The van der Waals surface area contributed by atoms with Gasteiger partial charge in [0.15, 0.2) is 5.11 Å². The van der Waals surface area contributed by atoms with Gasteiger partial charge in [-0.3, -0.25) is 9.71 Å². The first-order valence-corrected chi connectivity index (χ1v) is 13.8. The molecule has 2 aromatic carbocycles. The molecule has 4 aromatic rings. The van der Waals surface area contributed by atoms with Crippen molar-refractivity contribution in [2.75, 3.05) is 15.9 Å². The van der Waals surface area contributed by atoms with Gasteiger partial charge in [0, 0.05) is 28.2 Å². The van der Waals surface area contributed by atoms with Crippen molar-refractivity contribution in [3.8, 4) is 11.3 Å². The van der Waals surface area contributed by atoms with Crippen LogP contribution in [0.3, 0.4) is 0 Å². The molecule has 1 saturated heterocycles. The molecule has 5 rings (SSSR count). The number of hydrogen-bond donors (Lipinski definition) is 2. The Bertz CT molecular complexity index is 1520. The third-order valence-electron chi connectivity index (χ3n) is 6.00. The van der Waals surface area contributed by atoms with Crippen LogP contribution in [0.25, 0.3) is 11.3 Å². The molecule has 2 N–H and O–H groups in total. The van der Waals surface area contributed by atoms with Gasteiger partial charge in [0.25, 0.3) is 0 Å². The topological polar surface area (TPSA) is 87.5 Å². The maximum atomic E-state index is 11.6. The molecule has 36 heavy (non-hydrogen) atoms. The van der Waals surface area contributed by atoms with Crippen LogP contribution in [0.1, 0.15) is 29.1 Å². The highest BCUT2D eigenvalue weighted by Gasteiger charge is 2.42. The Morgan fingerprint density at radius 1 is 1.06 bits per heavy atom. The van der Waals surface area contributed by atoms with Crippen molar-refractivity contribution in [1.29, 1.82) is 0 Å². The van der Waals surface area contributed by atoms with Crippen LogP contribution in [0, 0.1) is 6.92 Å². The zero-order chi connectivity index (χ0) is 25.4. The molecule has 10 heteroatoms. The monoisotopic (exact) mass is 538 g/mol. The quantitative estimate of drug-likeness (QED) is 0.298. The van der Waals surface area contributed by atoms with Crippen LogP contribution in [-0.4, -0.2) is 24.8 Å². The van der Waals surface area contributed by atoms with Crippen molar-refractivity contribution in [1.82, 2.24) is 10.3 Å². The molecule has 0 aliphatic carbocycles. The van der Waals surface area contributed by atoms with E-state index in [0.29, 0.717) is 27.3 Å². The highest BCUT2D eigenvalue weighted by Crippen LogP contribution is 2.43. The molecular weight excluding hydrogens is 516 g/mol. The number of sulfonamides is 1. The summed E-state index contributed by atoms with van der Waals surface area (Å²) in [5, 5.41) is 4.57. The highest BCUT2D eigenvalue weighted by molar-refractivity contribution is 7.92. The van der Waals surface area contributed by atoms with Crippen LogP contribution in [0.4, 0.5) is 11.4 Å². The molecule has 1 aliphatic rings. The highest BCUT2D eigenvalue weighted by atomic mass is 35.5. The molecule has 1 fully saturated rings. The third kappa shape index (κ3) is 4.82. The van der Waals surface area contributed by atoms with E-state index < -0.39 is 10.0 Å². The summed E-state index contributed by atoms with van der Waals surface area (Å²) < 4.78 is 32.1. The number of furan rings is 1. The first-order chi connectivity index (χ1) is 17.2. The molecule has 1 aliphatic heterocycles. The molecule has 0 amide bonds. The Hall–Kier alpha value is -3.40. The second-order valence-electron chi connectivity index (χ2n) is 8.53. The number of nitrogens with zero attached hydrogens (tertiary/aromatic N) is 2. The minimum Gasteiger partial charge on any atom is -0.459 e. The minimum absolute atomic E-state index is 0.271. The first-order valence-electron chi connectivity index (χ1n) is 11.1. The van der Waals surface area contributed by atoms with Crippen LogP contribution >= 0.6 is 23.8 Å². The molecular formula is C26H23ClN4O3S2. The number of anilines is 2. The van der Waals surface area contributed by atoms with E-state index >= 15 is 0 Å². The zero-order valence-electron chi connectivity index (χ0n) is 19.5. The largest absolute Gasteiger partial charge is 0.459 e. The lowest BCUT2D eigenvalue weighted by Crippen LogP contribution is -2.29. The van der Waals surface area contributed by atoms with Crippen LogP contribution in [-0.2, 0) is 10.0 Å². The van der Waals surface area contributed by atoms with Crippen molar-refractivity contribution in [3.63, 3.8) is 0 Å². The fourth-order valence-corrected chi connectivity index (χ4v) is 5.44. The van der Waals surface area contributed by atoms with E-state index in [1.54, 1.807) is 18.3 Å². The SMILES string of the molecule is Cc1c(Cl)cccc1-c1ccc([C@@H]2[C@@H](c3ccccn3)NC(=S)N2c2ccc(NS(C)(=O)=O)cc2)o1. The second kappa shape index (κ2) is 9.57. The number of thiocarbonyl (C=S) groups is 1. The third-order valence-corrected chi connectivity index (χ3v) is 7.33. The molecule has 3 heterocycles. The number of benzene rings is 2. The Morgan fingerprint density at radius 2 is 1.83 bits per heavy atom. The van der Waals surface area contributed by atoms with E-state index in [-0.39, 0.29) is 12.1 Å². The number of rotatable bonds is 6. The molecule has 0 bridgehead atoms. The maximum Gasteiger partial charge on any atom is 0.229 e. The standard InChI is InChI=1S/C26H23ClN4O3S2/c1-16-19(6-5-7-20(16)27)22-13-14-23(34-22)25-24(21-8-3-4-15-28-21)29-26(35)31(25)18-11-9-17(10-12-18)30-36(2,32)33/h3-15,24-25,30H,1-2H3,(H,29,35)/t24-,25-/m1/s1. The smallest absolute Gasteiger partial charge is 0.229 e. The van der Waals surface area contributed by atoms with E-state index in [4.69, 9.17) is 28.2 Å². The summed E-state index contributed by atoms with van der Waals surface area (Å²) in [7, 11) is -3.38. The number of pyridine rings is 1. The minimum atomic E-state index is -3.38. The molecule has 0 saturated carbocycles. The van der Waals surface area contributed by atoms with Gasteiger partial charge in [0.2, 0.25) is 10.0 Å². The molecule has 2 atom stereocenters. The molecule has 0 unspecified atom stereocenters. The Kier molecular flexibility index (Phi) is 6.46. The van der Waals surface area contributed by atoms with Crippen molar-refractivity contribution in [2.45, 2.75) is 19.0 Å².